The van der Waals surface area contributed by atoms with Gasteiger partial charge in [0.1, 0.15) is 9.34 Å². The van der Waals surface area contributed by atoms with E-state index in [2.05, 4.69) is 10.3 Å². The fourth-order valence-corrected chi connectivity index (χ4v) is 6.74. The predicted molar refractivity (Wildman–Crippen MR) is 158 cm³/mol. The van der Waals surface area contributed by atoms with Gasteiger partial charge in [-0.05, 0) is 48.9 Å². The number of halogens is 5. The lowest BCUT2D eigenvalue weighted by atomic mass is 10.1. The third-order valence-electron chi connectivity index (χ3n) is 6.33. The highest BCUT2D eigenvalue weighted by molar-refractivity contribution is 7.10. The van der Waals surface area contributed by atoms with Gasteiger partial charge in [-0.25, -0.2) is 4.98 Å². The summed E-state index contributed by atoms with van der Waals surface area (Å²) in [6.45, 7) is 2.02. The van der Waals surface area contributed by atoms with Gasteiger partial charge in [0.15, 0.2) is 5.78 Å². The monoisotopic (exact) mass is 622 g/mol. The third kappa shape index (κ3) is 5.74. The van der Waals surface area contributed by atoms with Gasteiger partial charge in [0.2, 0.25) is 5.91 Å². The van der Waals surface area contributed by atoms with Gasteiger partial charge in [-0.3, -0.25) is 9.59 Å². The Hall–Kier alpha value is -2.12. The van der Waals surface area contributed by atoms with Crippen LogP contribution in [0.4, 0.5) is 5.69 Å². The number of carbonyl (C=O) groups excluding carboxylic acids is 2. The van der Waals surface area contributed by atoms with Crippen molar-refractivity contribution in [1.82, 2.24) is 4.98 Å². The summed E-state index contributed by atoms with van der Waals surface area (Å²) >= 11 is 32.9. The van der Waals surface area contributed by atoms with Gasteiger partial charge in [-0.2, -0.15) is 0 Å². The van der Waals surface area contributed by atoms with Crippen LogP contribution in [0.1, 0.15) is 32.4 Å². The Morgan fingerprint density at radius 1 is 0.974 bits per heavy atom. The van der Waals surface area contributed by atoms with Crippen LogP contribution in [0.25, 0.3) is 11.3 Å². The van der Waals surface area contributed by atoms with Crippen molar-refractivity contribution in [3.63, 3.8) is 0 Å². The zero-order chi connectivity index (χ0) is 27.2. The number of amides is 1. The maximum atomic E-state index is 13.1. The summed E-state index contributed by atoms with van der Waals surface area (Å²) in [5.41, 5.74) is 4.33. The molecule has 1 aliphatic carbocycles. The smallest absolute Gasteiger partial charge is 0.231 e. The number of thiazole rings is 1. The number of nitrogens with one attached hydrogen (secondary N) is 1. The lowest BCUT2D eigenvalue weighted by molar-refractivity contribution is -0.117. The number of carbonyl (C=O) groups is 2. The number of hydrogen-bond acceptors (Lipinski definition) is 4. The van der Waals surface area contributed by atoms with E-state index in [1.807, 2.05) is 36.6 Å². The molecule has 1 aliphatic rings. The molecule has 1 saturated carbocycles. The van der Waals surface area contributed by atoms with E-state index in [1.165, 1.54) is 11.3 Å². The number of hydrogen-bond donors (Lipinski definition) is 1. The Balaban J connectivity index is 1.29. The maximum absolute atomic E-state index is 13.1. The van der Waals surface area contributed by atoms with Gasteiger partial charge in [0, 0.05) is 38.2 Å². The molecule has 0 radical (unpaired) electrons. The molecule has 38 heavy (non-hydrogen) atoms. The number of aryl methyl sites for hydroxylation is 1. The molecule has 1 heterocycles. The zero-order valence-electron chi connectivity index (χ0n) is 19.8. The second-order valence-electron chi connectivity index (χ2n) is 9.11. The van der Waals surface area contributed by atoms with Crippen molar-refractivity contribution in [2.75, 3.05) is 5.32 Å². The van der Waals surface area contributed by atoms with E-state index in [-0.39, 0.29) is 28.7 Å². The minimum Gasteiger partial charge on any atom is -0.326 e. The average Bonchev–Trinajstić information content (AvgIpc) is 3.16. The second kappa shape index (κ2) is 10.8. The normalized spacial score (nSPS) is 17.7. The average molecular weight is 625 g/mol. The van der Waals surface area contributed by atoms with Crippen molar-refractivity contribution in [3.8, 4) is 11.3 Å². The van der Waals surface area contributed by atoms with Crippen molar-refractivity contribution >= 4 is 86.7 Å². The molecule has 1 fully saturated rings. The fourth-order valence-electron chi connectivity index (χ4n) is 4.34. The van der Waals surface area contributed by atoms with Crippen molar-refractivity contribution in [1.29, 1.82) is 0 Å². The van der Waals surface area contributed by atoms with Crippen LogP contribution in [0.15, 0.2) is 66.0 Å². The molecule has 2 unspecified atom stereocenters. The minimum atomic E-state index is -1.32. The molecule has 1 N–H and O–H groups in total. The fraction of sp³-hybridized carbons (Fsp3) is 0.179. The SMILES string of the molecule is Cc1ccc(-c2csc(CC(=O)c3cc(NC(=O)C4C(c5cc(Cl)cc(Cl)c5)C4(Cl)Cl)ccc3Cl)n2)cc1. The third-order valence-corrected chi connectivity index (χ3v) is 8.88. The second-order valence-corrected chi connectivity index (χ2v) is 12.8. The number of ketones is 1. The van der Waals surface area contributed by atoms with Gasteiger partial charge in [0.25, 0.3) is 0 Å². The molecular formula is C28H19Cl5N2O2S. The Morgan fingerprint density at radius 3 is 2.34 bits per heavy atom. The Morgan fingerprint density at radius 2 is 1.66 bits per heavy atom. The standard InChI is InChI=1S/C28H19Cl5N2O2S/c1-14-2-4-15(5-3-14)22-13-38-24(35-22)12-23(36)20-11-19(6-7-21(20)31)34-27(37)26-25(28(26,32)33)16-8-17(29)10-18(30)9-16/h2-11,13,25-26H,12H2,1H3,(H,34,37). The topological polar surface area (TPSA) is 59.1 Å². The Labute approximate surface area is 248 Å². The number of rotatable bonds is 7. The lowest BCUT2D eigenvalue weighted by Crippen LogP contribution is -2.17. The van der Waals surface area contributed by atoms with Crippen LogP contribution in [0, 0.1) is 12.8 Å². The summed E-state index contributed by atoms with van der Waals surface area (Å²) in [4.78, 5) is 30.8. The van der Waals surface area contributed by atoms with E-state index < -0.39 is 16.2 Å². The number of aromatic nitrogens is 1. The number of anilines is 1. The van der Waals surface area contributed by atoms with E-state index in [4.69, 9.17) is 58.0 Å². The zero-order valence-corrected chi connectivity index (χ0v) is 24.4. The molecule has 4 aromatic rings. The van der Waals surface area contributed by atoms with Crippen LogP contribution in [0.5, 0.6) is 0 Å². The van der Waals surface area contributed by atoms with E-state index in [0.717, 1.165) is 16.8 Å². The highest BCUT2D eigenvalue weighted by Gasteiger charge is 2.67. The first-order valence-electron chi connectivity index (χ1n) is 11.5. The number of Topliss-reactive ketones (excluding diaryl/α,β-unsaturated/α-hetero) is 1. The lowest BCUT2D eigenvalue weighted by Gasteiger charge is -2.09. The minimum absolute atomic E-state index is 0.0837. The van der Waals surface area contributed by atoms with Crippen molar-refractivity contribution in [2.24, 2.45) is 5.92 Å². The van der Waals surface area contributed by atoms with E-state index in [1.54, 1.807) is 36.4 Å². The summed E-state index contributed by atoms with van der Waals surface area (Å²) in [6, 6.07) is 17.7. The van der Waals surface area contributed by atoms with Crippen molar-refractivity contribution in [3.05, 3.63) is 103 Å². The molecule has 1 aromatic heterocycles. The van der Waals surface area contributed by atoms with Gasteiger partial charge in [-0.1, -0.05) is 64.6 Å². The van der Waals surface area contributed by atoms with Crippen LogP contribution >= 0.6 is 69.3 Å². The molecule has 0 bridgehead atoms. The predicted octanol–water partition coefficient (Wildman–Crippen LogP) is 9.03. The van der Waals surface area contributed by atoms with E-state index >= 15 is 0 Å². The Kier molecular flexibility index (Phi) is 7.80. The van der Waals surface area contributed by atoms with Crippen LogP contribution < -0.4 is 5.32 Å². The quantitative estimate of drug-likeness (QED) is 0.165. The van der Waals surface area contributed by atoms with E-state index in [9.17, 15) is 9.59 Å². The highest BCUT2D eigenvalue weighted by Crippen LogP contribution is 2.65. The first-order valence-corrected chi connectivity index (χ1v) is 14.3. The van der Waals surface area contributed by atoms with Crippen LogP contribution in [-0.4, -0.2) is 21.0 Å². The molecule has 0 spiro atoms. The van der Waals surface area contributed by atoms with Gasteiger partial charge in [0.05, 0.1) is 23.1 Å². The van der Waals surface area contributed by atoms with Crippen LogP contribution in [0.2, 0.25) is 15.1 Å². The largest absolute Gasteiger partial charge is 0.326 e. The van der Waals surface area contributed by atoms with E-state index in [0.29, 0.717) is 26.3 Å². The summed E-state index contributed by atoms with van der Waals surface area (Å²) in [6.07, 6.45) is 0.0837. The molecule has 2 atom stereocenters. The molecule has 10 heteroatoms. The molecule has 5 rings (SSSR count). The van der Waals surface area contributed by atoms with Crippen LogP contribution in [-0.2, 0) is 11.2 Å². The number of benzene rings is 3. The molecular weight excluding hydrogens is 606 g/mol. The van der Waals surface area contributed by atoms with Gasteiger partial charge >= 0.3 is 0 Å². The van der Waals surface area contributed by atoms with Crippen molar-refractivity contribution in [2.45, 2.75) is 23.6 Å². The first-order chi connectivity index (χ1) is 18.0. The summed E-state index contributed by atoms with van der Waals surface area (Å²) < 4.78 is -1.32. The summed E-state index contributed by atoms with van der Waals surface area (Å²) in [7, 11) is 0. The molecule has 0 aliphatic heterocycles. The Bertz CT molecular complexity index is 1530. The van der Waals surface area contributed by atoms with Gasteiger partial charge < -0.3 is 5.32 Å². The maximum Gasteiger partial charge on any atom is 0.231 e. The summed E-state index contributed by atoms with van der Waals surface area (Å²) in [5, 5.41) is 6.54. The number of nitrogens with zero attached hydrogens (tertiary/aromatic N) is 1. The molecule has 3 aromatic carbocycles. The molecule has 194 valence electrons. The number of alkyl halides is 2. The molecule has 1 amide bonds. The molecule has 4 nitrogen and oxygen atoms in total. The van der Waals surface area contributed by atoms with Crippen LogP contribution in [0.3, 0.4) is 0 Å². The molecule has 0 saturated heterocycles. The summed E-state index contributed by atoms with van der Waals surface area (Å²) in [5.74, 6) is -1.81. The highest BCUT2D eigenvalue weighted by atomic mass is 35.5. The van der Waals surface area contributed by atoms with Crippen molar-refractivity contribution < 1.29 is 9.59 Å². The first kappa shape index (κ1) is 27.4. The van der Waals surface area contributed by atoms with Gasteiger partial charge in [-0.15, -0.1) is 34.5 Å².